The van der Waals surface area contributed by atoms with Gasteiger partial charge in [-0.2, -0.15) is 0 Å². The molecule has 1 amide bonds. The Morgan fingerprint density at radius 1 is 1.42 bits per heavy atom. The molecule has 1 aliphatic heterocycles. The zero-order chi connectivity index (χ0) is 14.7. The van der Waals surface area contributed by atoms with Crippen molar-refractivity contribution in [1.82, 2.24) is 10.6 Å². The van der Waals surface area contributed by atoms with Crippen LogP contribution < -0.4 is 10.6 Å². The molecular formula is C12H22N2O5. The van der Waals surface area contributed by atoms with Crippen molar-refractivity contribution < 1.29 is 24.2 Å². The maximum absolute atomic E-state index is 11.7. The average Bonchev–Trinajstić information content (AvgIpc) is 2.11. The zero-order valence-corrected chi connectivity index (χ0v) is 11.8. The minimum Gasteiger partial charge on any atom is -0.480 e. The summed E-state index contributed by atoms with van der Waals surface area (Å²) in [5, 5.41) is 14.3. The fourth-order valence-corrected chi connectivity index (χ4v) is 1.70. The van der Waals surface area contributed by atoms with Gasteiger partial charge in [0.25, 0.3) is 0 Å². The van der Waals surface area contributed by atoms with Gasteiger partial charge in [-0.1, -0.05) is 0 Å². The van der Waals surface area contributed by atoms with Crippen molar-refractivity contribution in [2.75, 3.05) is 19.8 Å². The van der Waals surface area contributed by atoms with E-state index in [0.29, 0.717) is 13.2 Å². The summed E-state index contributed by atoms with van der Waals surface area (Å²) >= 11 is 0. The van der Waals surface area contributed by atoms with Crippen LogP contribution in [0.15, 0.2) is 0 Å². The maximum atomic E-state index is 11.7. The van der Waals surface area contributed by atoms with Crippen LogP contribution in [-0.2, 0) is 14.3 Å². The van der Waals surface area contributed by atoms with Gasteiger partial charge < -0.3 is 19.9 Å². The number of hydrogen-bond acceptors (Lipinski definition) is 5. The van der Waals surface area contributed by atoms with Crippen LogP contribution >= 0.6 is 0 Å². The molecular weight excluding hydrogens is 252 g/mol. The molecule has 19 heavy (non-hydrogen) atoms. The predicted molar refractivity (Wildman–Crippen MR) is 68.0 cm³/mol. The second kappa shape index (κ2) is 5.75. The molecule has 0 radical (unpaired) electrons. The molecule has 3 N–H and O–H groups in total. The van der Waals surface area contributed by atoms with Gasteiger partial charge in [-0.05, 0) is 27.7 Å². The molecule has 0 aromatic heterocycles. The first-order chi connectivity index (χ1) is 8.65. The van der Waals surface area contributed by atoms with E-state index >= 15 is 0 Å². The quantitative estimate of drug-likeness (QED) is 0.669. The lowest BCUT2D eigenvalue weighted by Crippen LogP contribution is -2.71. The number of amides is 1. The molecule has 1 saturated heterocycles. The van der Waals surface area contributed by atoms with Crippen LogP contribution in [0.5, 0.6) is 0 Å². The highest BCUT2D eigenvalue weighted by Crippen LogP contribution is 2.21. The SMILES string of the molecule is C[C@@H](NC(=O)OC(C)(C)C)C1(NCC(=O)O)COC1. The minimum atomic E-state index is -0.948. The van der Waals surface area contributed by atoms with Gasteiger partial charge in [0, 0.05) is 0 Å². The van der Waals surface area contributed by atoms with Gasteiger partial charge in [0.05, 0.1) is 31.3 Å². The van der Waals surface area contributed by atoms with Crippen molar-refractivity contribution in [1.29, 1.82) is 0 Å². The monoisotopic (exact) mass is 274 g/mol. The Kier molecular flexibility index (Phi) is 4.75. The third-order valence-electron chi connectivity index (χ3n) is 2.87. The summed E-state index contributed by atoms with van der Waals surface area (Å²) in [5.41, 5.74) is -1.11. The summed E-state index contributed by atoms with van der Waals surface area (Å²) in [6.07, 6.45) is -0.525. The van der Waals surface area contributed by atoms with Gasteiger partial charge in [-0.25, -0.2) is 4.79 Å². The smallest absolute Gasteiger partial charge is 0.407 e. The molecule has 1 fully saturated rings. The van der Waals surface area contributed by atoms with Crippen LogP contribution in [0, 0.1) is 0 Å². The molecule has 1 heterocycles. The molecule has 0 unspecified atom stereocenters. The van der Waals surface area contributed by atoms with E-state index in [2.05, 4.69) is 10.6 Å². The largest absolute Gasteiger partial charge is 0.480 e. The summed E-state index contributed by atoms with van der Waals surface area (Å²) < 4.78 is 10.3. The Labute approximate surface area is 112 Å². The van der Waals surface area contributed by atoms with Crippen molar-refractivity contribution in [3.05, 3.63) is 0 Å². The molecule has 0 bridgehead atoms. The average molecular weight is 274 g/mol. The first-order valence-corrected chi connectivity index (χ1v) is 6.19. The van der Waals surface area contributed by atoms with Crippen LogP contribution in [0.1, 0.15) is 27.7 Å². The number of carboxylic acids is 1. The lowest BCUT2D eigenvalue weighted by Gasteiger charge is -2.46. The molecule has 7 nitrogen and oxygen atoms in total. The Hall–Kier alpha value is -1.34. The molecule has 1 atom stereocenters. The van der Waals surface area contributed by atoms with E-state index in [9.17, 15) is 9.59 Å². The number of rotatable bonds is 5. The number of nitrogens with one attached hydrogen (secondary N) is 2. The van der Waals surface area contributed by atoms with E-state index in [1.807, 2.05) is 0 Å². The number of hydrogen-bond donors (Lipinski definition) is 3. The highest BCUT2D eigenvalue weighted by molar-refractivity contribution is 5.70. The normalized spacial score (nSPS) is 19.2. The molecule has 110 valence electrons. The summed E-state index contributed by atoms with van der Waals surface area (Å²) in [4.78, 5) is 22.3. The minimum absolute atomic E-state index is 0.177. The Morgan fingerprint density at radius 2 is 2.00 bits per heavy atom. The molecule has 1 rings (SSSR count). The van der Waals surface area contributed by atoms with Crippen molar-refractivity contribution in [2.45, 2.75) is 44.9 Å². The topological polar surface area (TPSA) is 96.9 Å². The van der Waals surface area contributed by atoms with Gasteiger partial charge in [0.2, 0.25) is 0 Å². The van der Waals surface area contributed by atoms with E-state index in [1.54, 1.807) is 27.7 Å². The van der Waals surface area contributed by atoms with Crippen LogP contribution in [0.25, 0.3) is 0 Å². The number of carboxylic acid groups (broad SMARTS) is 1. The second-order valence-corrected chi connectivity index (χ2v) is 5.76. The summed E-state index contributed by atoms with van der Waals surface area (Å²) in [6, 6.07) is -0.296. The van der Waals surface area contributed by atoms with Gasteiger partial charge >= 0.3 is 12.1 Å². The Bertz CT molecular complexity index is 347. The van der Waals surface area contributed by atoms with E-state index in [4.69, 9.17) is 14.6 Å². The molecule has 0 saturated carbocycles. The van der Waals surface area contributed by atoms with Gasteiger partial charge in [-0.3, -0.25) is 10.1 Å². The standard InChI is InChI=1S/C12H22N2O5/c1-8(14-10(17)19-11(2,3)4)12(6-18-7-12)13-5-9(15)16/h8,13H,5-7H2,1-4H3,(H,14,17)(H,15,16)/t8-/m1/s1. The molecule has 0 aromatic carbocycles. The number of carbonyl (C=O) groups is 2. The van der Waals surface area contributed by atoms with Gasteiger partial charge in [0.1, 0.15) is 5.60 Å². The van der Waals surface area contributed by atoms with E-state index < -0.39 is 23.2 Å². The maximum Gasteiger partial charge on any atom is 0.407 e. The van der Waals surface area contributed by atoms with Crippen LogP contribution in [0.4, 0.5) is 4.79 Å². The zero-order valence-electron chi connectivity index (χ0n) is 11.8. The summed E-state index contributed by atoms with van der Waals surface area (Å²) in [6.45, 7) is 7.67. The van der Waals surface area contributed by atoms with E-state index in [1.165, 1.54) is 0 Å². The summed E-state index contributed by atoms with van der Waals surface area (Å²) in [7, 11) is 0. The van der Waals surface area contributed by atoms with Gasteiger partial charge in [-0.15, -0.1) is 0 Å². The van der Waals surface area contributed by atoms with Gasteiger partial charge in [0.15, 0.2) is 0 Å². The lowest BCUT2D eigenvalue weighted by molar-refractivity contribution is -0.139. The van der Waals surface area contributed by atoms with Crippen molar-refractivity contribution >= 4 is 12.1 Å². The Balaban J connectivity index is 2.52. The number of alkyl carbamates (subject to hydrolysis) is 1. The number of carbonyl (C=O) groups excluding carboxylic acids is 1. The van der Waals surface area contributed by atoms with Crippen LogP contribution in [0.3, 0.4) is 0 Å². The third-order valence-corrected chi connectivity index (χ3v) is 2.87. The van der Waals surface area contributed by atoms with Crippen molar-refractivity contribution in [3.63, 3.8) is 0 Å². The third kappa shape index (κ3) is 4.68. The predicted octanol–water partition coefficient (Wildman–Crippen LogP) is 0.343. The lowest BCUT2D eigenvalue weighted by atomic mass is 9.89. The van der Waals surface area contributed by atoms with E-state index in [-0.39, 0.29) is 12.6 Å². The fraction of sp³-hybridized carbons (Fsp3) is 0.833. The highest BCUT2D eigenvalue weighted by Gasteiger charge is 2.44. The molecule has 7 heteroatoms. The molecule has 0 aromatic rings. The summed E-state index contributed by atoms with van der Waals surface area (Å²) in [5.74, 6) is -0.948. The molecule has 0 spiro atoms. The first-order valence-electron chi connectivity index (χ1n) is 6.19. The van der Waals surface area contributed by atoms with Crippen LogP contribution in [-0.4, -0.2) is 54.1 Å². The van der Waals surface area contributed by atoms with E-state index in [0.717, 1.165) is 0 Å². The first kappa shape index (κ1) is 15.7. The Morgan fingerprint density at radius 3 is 2.37 bits per heavy atom. The molecule has 0 aliphatic carbocycles. The second-order valence-electron chi connectivity index (χ2n) is 5.76. The number of aliphatic carboxylic acids is 1. The molecule has 1 aliphatic rings. The van der Waals surface area contributed by atoms with Crippen molar-refractivity contribution in [2.24, 2.45) is 0 Å². The van der Waals surface area contributed by atoms with Crippen LogP contribution in [0.2, 0.25) is 0 Å². The van der Waals surface area contributed by atoms with Crippen molar-refractivity contribution in [3.8, 4) is 0 Å². The number of ether oxygens (including phenoxy) is 2. The fourth-order valence-electron chi connectivity index (χ4n) is 1.70. The highest BCUT2D eigenvalue weighted by atomic mass is 16.6.